The molecule has 0 saturated carbocycles. The smallest absolute Gasteiger partial charge is 0.302 e. The summed E-state index contributed by atoms with van der Waals surface area (Å²) in [6.07, 6.45) is 3.47. The summed E-state index contributed by atoms with van der Waals surface area (Å²) >= 11 is 6.27. The largest absolute Gasteiger partial charge is 0.465 e. The zero-order chi connectivity index (χ0) is 17.1. The molecule has 2 nitrogen and oxygen atoms in total. The molecule has 4 heteroatoms. The van der Waals surface area contributed by atoms with E-state index in [2.05, 4.69) is 49.9 Å². The highest BCUT2D eigenvalue weighted by molar-refractivity contribution is 7.99. The lowest BCUT2D eigenvalue weighted by Gasteiger charge is -2.28. The van der Waals surface area contributed by atoms with Crippen LogP contribution in [-0.2, 0) is 16.0 Å². The van der Waals surface area contributed by atoms with Crippen molar-refractivity contribution >= 4 is 30.4 Å². The predicted octanol–water partition coefficient (Wildman–Crippen LogP) is 5.48. The number of hydrogen-bond acceptors (Lipinski definition) is 4. The van der Waals surface area contributed by atoms with Crippen molar-refractivity contribution < 1.29 is 9.53 Å². The van der Waals surface area contributed by atoms with Gasteiger partial charge in [0.25, 0.3) is 0 Å². The van der Waals surface area contributed by atoms with Crippen molar-refractivity contribution in [3.8, 4) is 0 Å². The molecule has 24 heavy (non-hydrogen) atoms. The molecule has 2 aromatic rings. The quantitative estimate of drug-likeness (QED) is 0.566. The van der Waals surface area contributed by atoms with Crippen LogP contribution < -0.4 is 0 Å². The van der Waals surface area contributed by atoms with Crippen molar-refractivity contribution in [3.63, 3.8) is 0 Å². The highest BCUT2D eigenvalue weighted by atomic mass is 32.2. The highest BCUT2D eigenvalue weighted by Gasteiger charge is 2.27. The number of carbonyl (C=O) groups excluding carboxylic acids is 1. The number of carbonyl (C=O) groups is 1. The number of ether oxygens (including phenoxy) is 1. The normalized spacial score (nSPS) is 15.5. The number of rotatable bonds is 5. The van der Waals surface area contributed by atoms with Gasteiger partial charge in [0.2, 0.25) is 0 Å². The van der Waals surface area contributed by atoms with E-state index in [1.807, 2.05) is 6.07 Å². The second kappa shape index (κ2) is 7.66. The average Bonchev–Trinajstić information content (AvgIpc) is 2.56. The Hall–Kier alpha value is -1.39. The van der Waals surface area contributed by atoms with Crippen LogP contribution in [0.1, 0.15) is 49.3 Å². The molecule has 0 aromatic heterocycles. The van der Waals surface area contributed by atoms with Crippen LogP contribution in [0.25, 0.3) is 0 Å². The van der Waals surface area contributed by atoms with E-state index in [0.717, 1.165) is 11.3 Å². The number of benzene rings is 2. The molecule has 0 aliphatic carbocycles. The summed E-state index contributed by atoms with van der Waals surface area (Å²) in [6.45, 7) is 4.05. The van der Waals surface area contributed by atoms with Gasteiger partial charge in [-0.25, -0.2) is 0 Å². The standard InChI is InChI=1S/C20H22O2S2/c1-3-4-5-14-6-8-19-16(10-14)18(12-22-13(2)21)17-11-15(23)7-9-20(17)24-19/h6-11,18,23H,3-5,12H2,1-2H3. The minimum Gasteiger partial charge on any atom is -0.465 e. The van der Waals surface area contributed by atoms with Gasteiger partial charge in [-0.05, 0) is 53.8 Å². The molecule has 1 heterocycles. The topological polar surface area (TPSA) is 26.3 Å². The molecule has 1 aliphatic rings. The Balaban J connectivity index is 2.00. The van der Waals surface area contributed by atoms with Crippen LogP contribution in [0.5, 0.6) is 0 Å². The predicted molar refractivity (Wildman–Crippen MR) is 101 cm³/mol. The Morgan fingerprint density at radius 1 is 1.17 bits per heavy atom. The van der Waals surface area contributed by atoms with Gasteiger partial charge in [-0.1, -0.05) is 37.2 Å². The van der Waals surface area contributed by atoms with Gasteiger partial charge in [-0.15, -0.1) is 12.6 Å². The summed E-state index contributed by atoms with van der Waals surface area (Å²) in [4.78, 5) is 14.8. The SMILES string of the molecule is CCCCc1ccc2c(c1)C(COC(C)=O)c1cc(S)ccc1S2. The monoisotopic (exact) mass is 358 g/mol. The highest BCUT2D eigenvalue weighted by Crippen LogP contribution is 2.46. The molecule has 0 saturated heterocycles. The van der Waals surface area contributed by atoms with Gasteiger partial charge in [0, 0.05) is 27.5 Å². The first-order valence-corrected chi connectivity index (χ1v) is 9.61. The minimum atomic E-state index is -0.236. The summed E-state index contributed by atoms with van der Waals surface area (Å²) in [5.41, 5.74) is 3.82. The summed E-state index contributed by atoms with van der Waals surface area (Å²) in [5.74, 6) is -0.158. The Morgan fingerprint density at radius 2 is 1.88 bits per heavy atom. The molecule has 0 bridgehead atoms. The lowest BCUT2D eigenvalue weighted by atomic mass is 9.89. The van der Waals surface area contributed by atoms with Crippen molar-refractivity contribution in [1.82, 2.24) is 0 Å². The van der Waals surface area contributed by atoms with Crippen LogP contribution in [0.4, 0.5) is 0 Å². The maximum atomic E-state index is 11.3. The van der Waals surface area contributed by atoms with Crippen LogP contribution in [0.2, 0.25) is 0 Å². The second-order valence-corrected chi connectivity index (χ2v) is 7.76. The van der Waals surface area contributed by atoms with Gasteiger partial charge in [-0.3, -0.25) is 4.79 Å². The molecule has 0 radical (unpaired) electrons. The van der Waals surface area contributed by atoms with Crippen molar-refractivity contribution in [2.24, 2.45) is 0 Å². The summed E-state index contributed by atoms with van der Waals surface area (Å²) < 4.78 is 5.38. The fourth-order valence-electron chi connectivity index (χ4n) is 3.07. The molecule has 126 valence electrons. The minimum absolute atomic E-state index is 0.0776. The van der Waals surface area contributed by atoms with Crippen molar-refractivity contribution in [2.45, 2.75) is 53.7 Å². The van der Waals surface area contributed by atoms with E-state index >= 15 is 0 Å². The first-order valence-electron chi connectivity index (χ1n) is 8.35. The van der Waals surface area contributed by atoms with Crippen molar-refractivity contribution in [2.75, 3.05) is 6.61 Å². The molecule has 0 amide bonds. The Bertz CT molecular complexity index is 755. The van der Waals surface area contributed by atoms with Gasteiger partial charge in [0.05, 0.1) is 0 Å². The van der Waals surface area contributed by atoms with E-state index in [0.29, 0.717) is 6.61 Å². The first-order chi connectivity index (χ1) is 11.6. The third-order valence-corrected chi connectivity index (χ3v) is 5.77. The summed E-state index contributed by atoms with van der Waals surface area (Å²) in [5, 5.41) is 0. The van der Waals surface area contributed by atoms with E-state index in [4.69, 9.17) is 4.74 Å². The first kappa shape index (κ1) is 17.4. The number of unbranched alkanes of at least 4 members (excludes halogenated alkanes) is 1. The maximum Gasteiger partial charge on any atom is 0.302 e. The number of esters is 1. The number of thiol groups is 1. The molecule has 1 unspecified atom stereocenters. The van der Waals surface area contributed by atoms with E-state index in [9.17, 15) is 4.79 Å². The van der Waals surface area contributed by atoms with Gasteiger partial charge in [-0.2, -0.15) is 0 Å². The number of hydrogen-bond donors (Lipinski definition) is 1. The Kier molecular flexibility index (Phi) is 5.57. The van der Waals surface area contributed by atoms with Gasteiger partial charge in [0.15, 0.2) is 0 Å². The fourth-order valence-corrected chi connectivity index (χ4v) is 4.43. The molecule has 0 N–H and O–H groups in total. The van der Waals surface area contributed by atoms with E-state index < -0.39 is 0 Å². The van der Waals surface area contributed by atoms with Crippen LogP contribution in [0.15, 0.2) is 51.1 Å². The van der Waals surface area contributed by atoms with E-state index in [1.54, 1.807) is 11.8 Å². The fraction of sp³-hybridized carbons (Fsp3) is 0.350. The number of aryl methyl sites for hydroxylation is 1. The van der Waals surface area contributed by atoms with Crippen LogP contribution >= 0.6 is 24.4 Å². The zero-order valence-corrected chi connectivity index (χ0v) is 15.8. The van der Waals surface area contributed by atoms with E-state index in [-0.39, 0.29) is 11.9 Å². The van der Waals surface area contributed by atoms with Gasteiger partial charge < -0.3 is 4.74 Å². The molecule has 1 aliphatic heterocycles. The number of fused-ring (bicyclic) bond motifs is 2. The van der Waals surface area contributed by atoms with Crippen molar-refractivity contribution in [3.05, 3.63) is 53.1 Å². The maximum absolute atomic E-state index is 11.3. The van der Waals surface area contributed by atoms with E-state index in [1.165, 1.54) is 46.2 Å². The van der Waals surface area contributed by atoms with Crippen LogP contribution in [0.3, 0.4) is 0 Å². The third kappa shape index (κ3) is 3.81. The molecule has 0 spiro atoms. The molecule has 2 aromatic carbocycles. The molecular weight excluding hydrogens is 336 g/mol. The summed E-state index contributed by atoms with van der Waals surface area (Å²) in [7, 11) is 0. The van der Waals surface area contributed by atoms with Gasteiger partial charge in [0.1, 0.15) is 6.61 Å². The van der Waals surface area contributed by atoms with Gasteiger partial charge >= 0.3 is 5.97 Å². The lowest BCUT2D eigenvalue weighted by molar-refractivity contribution is -0.141. The molecule has 1 atom stereocenters. The summed E-state index contributed by atoms with van der Waals surface area (Å²) in [6, 6.07) is 12.9. The van der Waals surface area contributed by atoms with Crippen molar-refractivity contribution in [1.29, 1.82) is 0 Å². The zero-order valence-electron chi connectivity index (χ0n) is 14.0. The molecule has 0 fully saturated rings. The Morgan fingerprint density at radius 3 is 2.58 bits per heavy atom. The lowest BCUT2D eigenvalue weighted by Crippen LogP contribution is -2.16. The average molecular weight is 359 g/mol. The van der Waals surface area contributed by atoms with Crippen LogP contribution in [0, 0.1) is 0 Å². The molecule has 3 rings (SSSR count). The molecular formula is C20H22O2S2. The Labute approximate surface area is 153 Å². The van der Waals surface area contributed by atoms with Crippen LogP contribution in [-0.4, -0.2) is 12.6 Å². The third-order valence-electron chi connectivity index (χ3n) is 4.31. The second-order valence-electron chi connectivity index (χ2n) is 6.16.